The lowest BCUT2D eigenvalue weighted by Crippen LogP contribution is -2.26. The number of carbonyl (C=O) groups excluding carboxylic acids is 1. The number of carbonyl (C=O) groups is 1. The standard InChI is InChI=1S/C19H22ClNO4/c1-12-4-6-15(20)9-17(12)21-10-16(23)11-25-18-7-5-14(13(2)22)8-19(18)24-3/h4-9,16,21,23H,10-11H2,1-3H3. The van der Waals surface area contributed by atoms with Crippen molar-refractivity contribution in [1.29, 1.82) is 0 Å². The molecular weight excluding hydrogens is 342 g/mol. The maximum atomic E-state index is 11.4. The minimum absolute atomic E-state index is 0.0500. The van der Waals surface area contributed by atoms with Crippen LogP contribution in [0.4, 0.5) is 5.69 Å². The zero-order chi connectivity index (χ0) is 18.4. The monoisotopic (exact) mass is 363 g/mol. The molecule has 6 heteroatoms. The highest BCUT2D eigenvalue weighted by Crippen LogP contribution is 2.28. The van der Waals surface area contributed by atoms with Crippen molar-refractivity contribution < 1.29 is 19.4 Å². The summed E-state index contributed by atoms with van der Waals surface area (Å²) in [5.41, 5.74) is 2.46. The number of nitrogens with one attached hydrogen (secondary N) is 1. The van der Waals surface area contributed by atoms with Crippen molar-refractivity contribution in [2.24, 2.45) is 0 Å². The molecule has 0 spiro atoms. The molecule has 2 aromatic carbocycles. The second kappa shape index (κ2) is 8.74. The molecule has 0 fully saturated rings. The molecule has 0 aliphatic heterocycles. The Hall–Kier alpha value is -2.24. The van der Waals surface area contributed by atoms with Crippen LogP contribution in [0.1, 0.15) is 22.8 Å². The number of ether oxygens (including phenoxy) is 2. The Morgan fingerprint density at radius 2 is 2.00 bits per heavy atom. The van der Waals surface area contributed by atoms with E-state index in [4.69, 9.17) is 21.1 Å². The van der Waals surface area contributed by atoms with Crippen molar-refractivity contribution >= 4 is 23.1 Å². The van der Waals surface area contributed by atoms with Gasteiger partial charge in [-0.05, 0) is 49.7 Å². The Labute approximate surface area is 152 Å². The quantitative estimate of drug-likeness (QED) is 0.700. The van der Waals surface area contributed by atoms with Gasteiger partial charge < -0.3 is 19.9 Å². The highest BCUT2D eigenvalue weighted by atomic mass is 35.5. The molecule has 0 radical (unpaired) electrons. The summed E-state index contributed by atoms with van der Waals surface area (Å²) in [5, 5.41) is 13.9. The first-order valence-electron chi connectivity index (χ1n) is 7.90. The van der Waals surface area contributed by atoms with Gasteiger partial charge in [-0.25, -0.2) is 0 Å². The van der Waals surface area contributed by atoms with Gasteiger partial charge in [0.1, 0.15) is 12.7 Å². The Kier molecular flexibility index (Phi) is 6.67. The van der Waals surface area contributed by atoms with Crippen LogP contribution in [-0.4, -0.2) is 37.3 Å². The molecule has 0 aliphatic carbocycles. The molecule has 2 N–H and O–H groups in total. The molecule has 0 saturated carbocycles. The molecule has 0 amide bonds. The number of aliphatic hydroxyl groups excluding tert-OH is 1. The molecule has 25 heavy (non-hydrogen) atoms. The molecule has 0 heterocycles. The zero-order valence-electron chi connectivity index (χ0n) is 14.5. The molecule has 0 aromatic heterocycles. The Morgan fingerprint density at radius 3 is 2.68 bits per heavy atom. The van der Waals surface area contributed by atoms with Gasteiger partial charge in [0.05, 0.1) is 7.11 Å². The van der Waals surface area contributed by atoms with Crippen molar-refractivity contribution in [3.05, 3.63) is 52.5 Å². The molecule has 0 saturated heterocycles. The van der Waals surface area contributed by atoms with Crippen molar-refractivity contribution in [2.45, 2.75) is 20.0 Å². The maximum Gasteiger partial charge on any atom is 0.161 e. The number of halogens is 1. The second-order valence-corrected chi connectivity index (χ2v) is 6.16. The summed E-state index contributed by atoms with van der Waals surface area (Å²) in [6.07, 6.45) is -0.726. The van der Waals surface area contributed by atoms with Crippen LogP contribution in [0.25, 0.3) is 0 Å². The molecule has 2 rings (SSSR count). The maximum absolute atomic E-state index is 11.4. The fraction of sp³-hybridized carbons (Fsp3) is 0.316. The van der Waals surface area contributed by atoms with E-state index in [2.05, 4.69) is 5.32 Å². The number of aliphatic hydroxyl groups is 1. The molecule has 5 nitrogen and oxygen atoms in total. The summed E-state index contributed by atoms with van der Waals surface area (Å²) in [6, 6.07) is 10.5. The van der Waals surface area contributed by atoms with E-state index in [0.717, 1.165) is 11.3 Å². The van der Waals surface area contributed by atoms with E-state index in [1.807, 2.05) is 25.1 Å². The number of Topliss-reactive ketones (excluding diaryl/α,β-unsaturated/α-hetero) is 1. The molecule has 0 bridgehead atoms. The van der Waals surface area contributed by atoms with Gasteiger partial charge in [-0.15, -0.1) is 0 Å². The van der Waals surface area contributed by atoms with Gasteiger partial charge in [-0.1, -0.05) is 17.7 Å². The van der Waals surface area contributed by atoms with Crippen LogP contribution >= 0.6 is 11.6 Å². The highest BCUT2D eigenvalue weighted by Gasteiger charge is 2.11. The van der Waals surface area contributed by atoms with Crippen LogP contribution in [0.5, 0.6) is 11.5 Å². The SMILES string of the molecule is COc1cc(C(C)=O)ccc1OCC(O)CNc1cc(Cl)ccc1C. The van der Waals surface area contributed by atoms with Gasteiger partial charge in [-0.3, -0.25) is 4.79 Å². The lowest BCUT2D eigenvalue weighted by Gasteiger charge is -2.17. The Balaban J connectivity index is 1.92. The number of hydrogen-bond acceptors (Lipinski definition) is 5. The van der Waals surface area contributed by atoms with Gasteiger partial charge in [0.15, 0.2) is 17.3 Å². The lowest BCUT2D eigenvalue weighted by atomic mass is 10.1. The van der Waals surface area contributed by atoms with Crippen LogP contribution in [0.3, 0.4) is 0 Å². The molecule has 134 valence electrons. The minimum atomic E-state index is -0.726. The van der Waals surface area contributed by atoms with E-state index < -0.39 is 6.10 Å². The molecule has 0 aliphatic rings. The normalized spacial score (nSPS) is 11.7. The van der Waals surface area contributed by atoms with E-state index >= 15 is 0 Å². The van der Waals surface area contributed by atoms with E-state index in [1.165, 1.54) is 14.0 Å². The fourth-order valence-corrected chi connectivity index (χ4v) is 2.44. The second-order valence-electron chi connectivity index (χ2n) is 5.73. The molecular formula is C19H22ClNO4. The third kappa shape index (κ3) is 5.37. The number of methoxy groups -OCH3 is 1. The fourth-order valence-electron chi connectivity index (χ4n) is 2.26. The van der Waals surface area contributed by atoms with Gasteiger partial charge in [-0.2, -0.15) is 0 Å². The highest BCUT2D eigenvalue weighted by molar-refractivity contribution is 6.30. The third-order valence-corrected chi connectivity index (χ3v) is 3.96. The molecule has 2 aromatic rings. The first-order valence-corrected chi connectivity index (χ1v) is 8.28. The van der Waals surface area contributed by atoms with E-state index in [0.29, 0.717) is 28.6 Å². The minimum Gasteiger partial charge on any atom is -0.493 e. The van der Waals surface area contributed by atoms with Crippen LogP contribution in [0.2, 0.25) is 5.02 Å². The zero-order valence-corrected chi connectivity index (χ0v) is 15.3. The average Bonchev–Trinajstić information content (AvgIpc) is 2.60. The van der Waals surface area contributed by atoms with Gasteiger partial charge >= 0.3 is 0 Å². The van der Waals surface area contributed by atoms with E-state index in [9.17, 15) is 9.90 Å². The first kappa shape index (κ1) is 19.1. The average molecular weight is 364 g/mol. The number of hydrogen-bond donors (Lipinski definition) is 2. The summed E-state index contributed by atoms with van der Waals surface area (Å²) in [5.74, 6) is 0.884. The predicted octanol–water partition coefficient (Wildman–Crippen LogP) is 3.71. The third-order valence-electron chi connectivity index (χ3n) is 3.73. The topological polar surface area (TPSA) is 67.8 Å². The Morgan fingerprint density at radius 1 is 1.24 bits per heavy atom. The number of aryl methyl sites for hydroxylation is 1. The number of rotatable bonds is 8. The number of benzene rings is 2. The van der Waals surface area contributed by atoms with Gasteiger partial charge in [0.2, 0.25) is 0 Å². The van der Waals surface area contributed by atoms with E-state index in [1.54, 1.807) is 18.2 Å². The van der Waals surface area contributed by atoms with Crippen molar-refractivity contribution in [3.8, 4) is 11.5 Å². The summed E-state index contributed by atoms with van der Waals surface area (Å²) in [7, 11) is 1.51. The molecule has 1 unspecified atom stereocenters. The van der Waals surface area contributed by atoms with Crippen molar-refractivity contribution in [1.82, 2.24) is 0 Å². The first-order chi connectivity index (χ1) is 11.9. The summed E-state index contributed by atoms with van der Waals surface area (Å²) in [4.78, 5) is 11.4. The number of anilines is 1. The molecule has 1 atom stereocenters. The summed E-state index contributed by atoms with van der Waals surface area (Å²) < 4.78 is 10.9. The van der Waals surface area contributed by atoms with Crippen LogP contribution in [-0.2, 0) is 0 Å². The lowest BCUT2D eigenvalue weighted by molar-refractivity contribution is 0.101. The van der Waals surface area contributed by atoms with Crippen LogP contribution in [0.15, 0.2) is 36.4 Å². The Bertz CT molecular complexity index is 748. The summed E-state index contributed by atoms with van der Waals surface area (Å²) in [6.45, 7) is 3.85. The summed E-state index contributed by atoms with van der Waals surface area (Å²) >= 11 is 5.98. The van der Waals surface area contributed by atoms with E-state index in [-0.39, 0.29) is 12.4 Å². The van der Waals surface area contributed by atoms with Crippen LogP contribution < -0.4 is 14.8 Å². The predicted molar refractivity (Wildman–Crippen MR) is 99.2 cm³/mol. The van der Waals surface area contributed by atoms with Gasteiger partial charge in [0.25, 0.3) is 0 Å². The van der Waals surface area contributed by atoms with Crippen LogP contribution in [0, 0.1) is 6.92 Å². The smallest absolute Gasteiger partial charge is 0.161 e. The van der Waals surface area contributed by atoms with Crippen molar-refractivity contribution in [3.63, 3.8) is 0 Å². The van der Waals surface area contributed by atoms with Crippen molar-refractivity contribution in [2.75, 3.05) is 25.6 Å². The largest absolute Gasteiger partial charge is 0.493 e. The number of ketones is 1. The van der Waals surface area contributed by atoms with Gasteiger partial charge in [0, 0.05) is 22.8 Å².